The van der Waals surface area contributed by atoms with Crippen LogP contribution in [0.5, 0.6) is 5.75 Å². The number of benzene rings is 3. The van der Waals surface area contributed by atoms with Gasteiger partial charge in [0.15, 0.2) is 17.5 Å². The fraction of sp³-hybridized carbons (Fsp3) is 0.474. The maximum Gasteiger partial charge on any atom is 0.419 e. The molecule has 0 spiro atoms. The van der Waals surface area contributed by atoms with E-state index in [4.69, 9.17) is 0 Å². The van der Waals surface area contributed by atoms with Gasteiger partial charge in [-0.3, -0.25) is 0 Å². The van der Waals surface area contributed by atoms with Crippen molar-refractivity contribution >= 4 is 6.08 Å². The van der Waals surface area contributed by atoms with Gasteiger partial charge in [-0.15, -0.1) is 0 Å². The van der Waals surface area contributed by atoms with Crippen molar-refractivity contribution in [2.75, 3.05) is 0 Å². The molecule has 0 unspecified atom stereocenters. The van der Waals surface area contributed by atoms with Gasteiger partial charge in [-0.05, 0) is 116 Å². The fourth-order valence-electron chi connectivity index (χ4n) is 7.43. The van der Waals surface area contributed by atoms with Crippen LogP contribution in [-0.4, -0.2) is 6.11 Å². The summed E-state index contributed by atoms with van der Waals surface area (Å²) < 4.78 is 119. The van der Waals surface area contributed by atoms with Gasteiger partial charge in [0.25, 0.3) is 0 Å². The molecule has 2 aliphatic rings. The summed E-state index contributed by atoms with van der Waals surface area (Å²) in [6.45, 7) is 2.23. The monoisotopic (exact) mass is 664 g/mol. The molecule has 2 fully saturated rings. The van der Waals surface area contributed by atoms with E-state index in [9.17, 15) is 26.3 Å². The summed E-state index contributed by atoms with van der Waals surface area (Å²) >= 11 is 0. The van der Waals surface area contributed by atoms with E-state index < -0.39 is 52.3 Å². The molecule has 9 heteroatoms. The first-order valence-corrected chi connectivity index (χ1v) is 16.6. The largest absolute Gasteiger partial charge is 0.429 e. The Morgan fingerprint density at radius 1 is 0.702 bits per heavy atom. The zero-order valence-electron chi connectivity index (χ0n) is 26.4. The number of halogens is 8. The third kappa shape index (κ3) is 8.76. The molecular formula is C38H40F8O. The molecule has 1 nitrogen and oxygen atoms in total. The van der Waals surface area contributed by atoms with E-state index in [2.05, 4.69) is 11.7 Å². The Bertz CT molecular complexity index is 1510. The van der Waals surface area contributed by atoms with Crippen LogP contribution in [0.3, 0.4) is 0 Å². The number of alkyl halides is 2. The Morgan fingerprint density at radius 3 is 1.87 bits per heavy atom. The van der Waals surface area contributed by atoms with Crippen molar-refractivity contribution in [2.24, 2.45) is 17.8 Å². The second-order valence-electron chi connectivity index (χ2n) is 13.2. The molecule has 254 valence electrons. The van der Waals surface area contributed by atoms with E-state index >= 15 is 8.78 Å². The minimum Gasteiger partial charge on any atom is -0.429 e. The predicted octanol–water partition coefficient (Wildman–Crippen LogP) is 12.5. The highest BCUT2D eigenvalue weighted by Crippen LogP contribution is 2.45. The Morgan fingerprint density at radius 2 is 1.30 bits per heavy atom. The number of hydrogen-bond donors (Lipinski definition) is 0. The Hall–Kier alpha value is -3.36. The molecule has 0 aliphatic heterocycles. The van der Waals surface area contributed by atoms with Crippen LogP contribution >= 0.6 is 0 Å². The van der Waals surface area contributed by atoms with E-state index in [0.717, 1.165) is 49.7 Å². The lowest BCUT2D eigenvalue weighted by Gasteiger charge is -2.38. The van der Waals surface area contributed by atoms with Gasteiger partial charge in [0.05, 0.1) is 0 Å². The zero-order valence-corrected chi connectivity index (χ0v) is 26.4. The van der Waals surface area contributed by atoms with Crippen molar-refractivity contribution in [2.45, 2.75) is 96.0 Å². The lowest BCUT2D eigenvalue weighted by Crippen LogP contribution is -2.25. The molecule has 5 rings (SSSR count). The van der Waals surface area contributed by atoms with Crippen LogP contribution < -0.4 is 4.74 Å². The SMILES string of the molecule is CCCCCC1CCC(C2CCC(c3cc(F)c(/C=C/C(F)(F)Oc4ccc(-c5cc(F)c(F)c(F)c5)c(F)c4)c(F)c3)CC2)CC1. The van der Waals surface area contributed by atoms with Gasteiger partial charge in [0.1, 0.15) is 23.2 Å². The van der Waals surface area contributed by atoms with E-state index in [1.54, 1.807) is 0 Å². The van der Waals surface area contributed by atoms with Gasteiger partial charge in [-0.2, -0.15) is 8.78 Å². The average Bonchev–Trinajstić information content (AvgIpc) is 3.03. The van der Waals surface area contributed by atoms with E-state index in [1.165, 1.54) is 63.5 Å². The standard InChI is InChI=1S/C38H40F8O/c1-2-3-4-5-23-6-8-24(9-7-23)25-10-12-26(13-11-25)27-18-32(39)31(33(40)19-27)16-17-38(45,46)47-29-14-15-30(34(41)22-29)28-20-35(42)37(44)36(43)21-28/h14-26H,2-13H2,1H3/b17-16+. The fourth-order valence-corrected chi connectivity index (χ4v) is 7.43. The molecule has 2 aliphatic carbocycles. The molecule has 0 aromatic heterocycles. The maximum absolute atomic E-state index is 15.0. The van der Waals surface area contributed by atoms with Gasteiger partial charge in [-0.1, -0.05) is 45.4 Å². The molecular weight excluding hydrogens is 624 g/mol. The zero-order chi connectivity index (χ0) is 33.7. The van der Waals surface area contributed by atoms with Crippen LogP contribution in [0.15, 0.2) is 48.5 Å². The smallest absolute Gasteiger partial charge is 0.419 e. The van der Waals surface area contributed by atoms with E-state index in [-0.39, 0.29) is 23.1 Å². The summed E-state index contributed by atoms with van der Waals surface area (Å²) in [5.74, 6) is -6.36. The average molecular weight is 665 g/mol. The quantitative estimate of drug-likeness (QED) is 0.113. The molecule has 0 N–H and O–H groups in total. The van der Waals surface area contributed by atoms with Gasteiger partial charge < -0.3 is 4.74 Å². The molecule has 0 bridgehead atoms. The van der Waals surface area contributed by atoms with Crippen molar-refractivity contribution < 1.29 is 39.9 Å². The van der Waals surface area contributed by atoms with Crippen molar-refractivity contribution in [1.82, 2.24) is 0 Å². The van der Waals surface area contributed by atoms with Crippen molar-refractivity contribution in [1.29, 1.82) is 0 Å². The maximum atomic E-state index is 15.0. The number of unbranched alkanes of at least 4 members (excludes halogenated alkanes) is 2. The van der Waals surface area contributed by atoms with Crippen LogP contribution in [-0.2, 0) is 0 Å². The molecule has 0 heterocycles. The predicted molar refractivity (Wildman–Crippen MR) is 167 cm³/mol. The van der Waals surface area contributed by atoms with Gasteiger partial charge >= 0.3 is 6.11 Å². The second kappa shape index (κ2) is 15.2. The molecule has 3 aromatic rings. The highest BCUT2D eigenvalue weighted by molar-refractivity contribution is 5.65. The van der Waals surface area contributed by atoms with Gasteiger partial charge in [0.2, 0.25) is 0 Å². The summed E-state index contributed by atoms with van der Waals surface area (Å²) in [5, 5.41) is 0. The first kappa shape index (κ1) is 35.0. The number of hydrogen-bond acceptors (Lipinski definition) is 1. The summed E-state index contributed by atoms with van der Waals surface area (Å²) in [5.41, 5.74) is -0.861. The van der Waals surface area contributed by atoms with Crippen molar-refractivity contribution in [3.8, 4) is 16.9 Å². The molecule has 0 amide bonds. The molecule has 47 heavy (non-hydrogen) atoms. The van der Waals surface area contributed by atoms with E-state index in [0.29, 0.717) is 35.8 Å². The van der Waals surface area contributed by atoms with Crippen LogP contribution in [0.25, 0.3) is 17.2 Å². The lowest BCUT2D eigenvalue weighted by atomic mass is 9.68. The van der Waals surface area contributed by atoms with E-state index in [1.807, 2.05) is 0 Å². The summed E-state index contributed by atoms with van der Waals surface area (Å²) in [6.07, 6.45) is 10.7. The van der Waals surface area contributed by atoms with Crippen LogP contribution in [0.4, 0.5) is 35.1 Å². The minimum absolute atomic E-state index is 0.00389. The Balaban J connectivity index is 1.17. The lowest BCUT2D eigenvalue weighted by molar-refractivity contribution is -0.131. The van der Waals surface area contributed by atoms with Crippen molar-refractivity contribution in [3.05, 3.63) is 94.6 Å². The molecule has 3 aromatic carbocycles. The Labute approximate surface area is 271 Å². The van der Waals surface area contributed by atoms with Gasteiger partial charge in [0, 0.05) is 23.3 Å². The van der Waals surface area contributed by atoms with Crippen LogP contribution in [0.1, 0.15) is 101 Å². The summed E-state index contributed by atoms with van der Waals surface area (Å²) in [4.78, 5) is 0. The second-order valence-corrected chi connectivity index (χ2v) is 13.2. The third-order valence-corrected chi connectivity index (χ3v) is 10.1. The number of ether oxygens (including phenoxy) is 1. The normalized spacial score (nSPS) is 22.1. The van der Waals surface area contributed by atoms with Crippen LogP contribution in [0, 0.1) is 52.7 Å². The Kier molecular flexibility index (Phi) is 11.3. The van der Waals surface area contributed by atoms with Crippen LogP contribution in [0.2, 0.25) is 0 Å². The van der Waals surface area contributed by atoms with Gasteiger partial charge in [-0.25, -0.2) is 26.3 Å². The molecule has 2 saturated carbocycles. The summed E-state index contributed by atoms with van der Waals surface area (Å²) in [6, 6.07) is 5.96. The molecule has 0 atom stereocenters. The summed E-state index contributed by atoms with van der Waals surface area (Å²) in [7, 11) is 0. The highest BCUT2D eigenvalue weighted by Gasteiger charge is 2.32. The highest BCUT2D eigenvalue weighted by atomic mass is 19.3. The first-order valence-electron chi connectivity index (χ1n) is 16.6. The molecule has 0 radical (unpaired) electrons. The minimum atomic E-state index is -4.09. The first-order chi connectivity index (χ1) is 22.4. The molecule has 0 saturated heterocycles. The topological polar surface area (TPSA) is 9.23 Å². The number of rotatable bonds is 11. The third-order valence-electron chi connectivity index (χ3n) is 10.1. The van der Waals surface area contributed by atoms with Crippen molar-refractivity contribution in [3.63, 3.8) is 0 Å².